The van der Waals surface area contributed by atoms with Gasteiger partial charge in [-0.25, -0.2) is 4.79 Å². The highest BCUT2D eigenvalue weighted by atomic mass is 16.4. The van der Waals surface area contributed by atoms with Crippen LogP contribution in [0.25, 0.3) is 0 Å². The largest absolute Gasteiger partial charge is 0.465 e. The van der Waals surface area contributed by atoms with Gasteiger partial charge in [-0.2, -0.15) is 0 Å². The van der Waals surface area contributed by atoms with Gasteiger partial charge in [0.05, 0.1) is 18.7 Å². The van der Waals surface area contributed by atoms with Crippen LogP contribution in [-0.2, 0) is 0 Å². The summed E-state index contributed by atoms with van der Waals surface area (Å²) in [6.07, 6.45) is 3.74. The van der Waals surface area contributed by atoms with E-state index < -0.39 is 18.2 Å². The van der Waals surface area contributed by atoms with E-state index >= 15 is 0 Å². The minimum absolute atomic E-state index is 0.129. The average molecular weight is 155 g/mol. The topological polar surface area (TPSA) is 60.8 Å². The quantitative estimate of drug-likeness (QED) is 0.473. The van der Waals surface area contributed by atoms with Crippen LogP contribution < -0.4 is 0 Å². The number of aliphatic hydroxyl groups is 1. The molecule has 2 atom stereocenters. The molecular weight excluding hydrogens is 146 g/mol. The standard InChI is InChI=1S/C7H9NO3/c1-2-5-3-6(9)4-8(5)7(10)11/h1,5-6,9H,3-4H2,(H,10,11)/t5-,6-/m1/s1. The third-order valence-electron chi connectivity index (χ3n) is 1.72. The van der Waals surface area contributed by atoms with Crippen molar-refractivity contribution in [2.24, 2.45) is 0 Å². The molecule has 0 aromatic rings. The van der Waals surface area contributed by atoms with Crippen LogP contribution in [0.4, 0.5) is 4.79 Å². The van der Waals surface area contributed by atoms with Crippen molar-refractivity contribution >= 4 is 6.09 Å². The zero-order chi connectivity index (χ0) is 8.43. The Morgan fingerprint density at radius 1 is 1.73 bits per heavy atom. The summed E-state index contributed by atoms with van der Waals surface area (Å²) in [5.41, 5.74) is 0. The summed E-state index contributed by atoms with van der Waals surface area (Å²) in [5.74, 6) is 2.31. The SMILES string of the molecule is C#C[C@@H]1C[C@@H](O)CN1C(=O)O. The van der Waals surface area contributed by atoms with E-state index in [4.69, 9.17) is 16.6 Å². The van der Waals surface area contributed by atoms with E-state index in [2.05, 4.69) is 5.92 Å². The summed E-state index contributed by atoms with van der Waals surface area (Å²) >= 11 is 0. The van der Waals surface area contributed by atoms with Gasteiger partial charge in [-0.05, 0) is 0 Å². The highest BCUT2D eigenvalue weighted by Gasteiger charge is 2.32. The monoisotopic (exact) mass is 155 g/mol. The summed E-state index contributed by atoms with van der Waals surface area (Å²) < 4.78 is 0. The van der Waals surface area contributed by atoms with Crippen molar-refractivity contribution in [3.05, 3.63) is 0 Å². The number of nitrogens with zero attached hydrogens (tertiary/aromatic N) is 1. The van der Waals surface area contributed by atoms with Crippen LogP contribution in [0.5, 0.6) is 0 Å². The zero-order valence-electron chi connectivity index (χ0n) is 5.90. The van der Waals surface area contributed by atoms with Gasteiger partial charge in [0, 0.05) is 6.42 Å². The molecule has 1 amide bonds. The second-order valence-electron chi connectivity index (χ2n) is 2.51. The summed E-state index contributed by atoms with van der Waals surface area (Å²) in [5, 5.41) is 17.6. The number of hydrogen-bond donors (Lipinski definition) is 2. The van der Waals surface area contributed by atoms with Crippen molar-refractivity contribution in [2.45, 2.75) is 18.6 Å². The van der Waals surface area contributed by atoms with E-state index in [-0.39, 0.29) is 6.54 Å². The van der Waals surface area contributed by atoms with Crippen LogP contribution in [0.2, 0.25) is 0 Å². The highest BCUT2D eigenvalue weighted by Crippen LogP contribution is 2.16. The van der Waals surface area contributed by atoms with Gasteiger partial charge in [0.2, 0.25) is 0 Å². The molecule has 2 N–H and O–H groups in total. The minimum atomic E-state index is -1.07. The van der Waals surface area contributed by atoms with Gasteiger partial charge in [-0.3, -0.25) is 4.90 Å². The lowest BCUT2D eigenvalue weighted by Gasteiger charge is -2.14. The van der Waals surface area contributed by atoms with E-state index in [0.717, 1.165) is 4.90 Å². The third-order valence-corrected chi connectivity index (χ3v) is 1.72. The van der Waals surface area contributed by atoms with Gasteiger partial charge in [0.1, 0.15) is 0 Å². The highest BCUT2D eigenvalue weighted by molar-refractivity contribution is 5.66. The van der Waals surface area contributed by atoms with E-state index in [1.807, 2.05) is 0 Å². The van der Waals surface area contributed by atoms with Crippen molar-refractivity contribution in [1.82, 2.24) is 4.90 Å². The number of hydrogen-bond acceptors (Lipinski definition) is 2. The molecule has 0 spiro atoms. The summed E-state index contributed by atoms with van der Waals surface area (Å²) in [7, 11) is 0. The lowest BCUT2D eigenvalue weighted by molar-refractivity contribution is 0.136. The van der Waals surface area contributed by atoms with Crippen LogP contribution in [0, 0.1) is 12.3 Å². The molecule has 0 saturated carbocycles. The fourth-order valence-corrected chi connectivity index (χ4v) is 1.18. The molecule has 60 valence electrons. The molecule has 0 aliphatic carbocycles. The van der Waals surface area contributed by atoms with E-state index in [1.54, 1.807) is 0 Å². The Balaban J connectivity index is 2.67. The smallest absolute Gasteiger partial charge is 0.408 e. The van der Waals surface area contributed by atoms with Crippen LogP contribution in [0.3, 0.4) is 0 Å². The van der Waals surface area contributed by atoms with Crippen LogP contribution >= 0.6 is 0 Å². The van der Waals surface area contributed by atoms with E-state index in [0.29, 0.717) is 6.42 Å². The molecular formula is C7H9NO3. The Kier molecular flexibility index (Phi) is 2.01. The number of aliphatic hydroxyl groups excluding tert-OH is 1. The number of β-amino-alcohol motifs (C(OH)–C–C–N with tert-alkyl or cyclic N) is 1. The second kappa shape index (κ2) is 2.81. The van der Waals surface area contributed by atoms with Gasteiger partial charge in [0.25, 0.3) is 0 Å². The molecule has 0 aromatic heterocycles. The van der Waals surface area contributed by atoms with Gasteiger partial charge < -0.3 is 10.2 Å². The maximum atomic E-state index is 10.4. The molecule has 1 fully saturated rings. The second-order valence-corrected chi connectivity index (χ2v) is 2.51. The molecule has 1 heterocycles. The number of carbonyl (C=O) groups is 1. The minimum Gasteiger partial charge on any atom is -0.465 e. The fourth-order valence-electron chi connectivity index (χ4n) is 1.18. The van der Waals surface area contributed by atoms with Gasteiger partial charge in [-0.1, -0.05) is 5.92 Å². The van der Waals surface area contributed by atoms with E-state index in [9.17, 15) is 4.79 Å². The number of likely N-dealkylation sites (tertiary alicyclic amines) is 1. The van der Waals surface area contributed by atoms with Crippen molar-refractivity contribution < 1.29 is 15.0 Å². The Morgan fingerprint density at radius 3 is 2.73 bits per heavy atom. The van der Waals surface area contributed by atoms with Crippen LogP contribution in [0.1, 0.15) is 6.42 Å². The zero-order valence-corrected chi connectivity index (χ0v) is 5.90. The number of amides is 1. The molecule has 0 aromatic carbocycles. The van der Waals surface area contributed by atoms with Crippen molar-refractivity contribution in [3.63, 3.8) is 0 Å². The first-order valence-electron chi connectivity index (χ1n) is 3.29. The summed E-state index contributed by atoms with van der Waals surface area (Å²) in [6, 6.07) is -0.456. The van der Waals surface area contributed by atoms with E-state index in [1.165, 1.54) is 0 Å². The summed E-state index contributed by atoms with van der Waals surface area (Å²) in [6.45, 7) is 0.129. The normalized spacial score (nSPS) is 30.0. The maximum Gasteiger partial charge on any atom is 0.408 e. The number of terminal acetylenes is 1. The van der Waals surface area contributed by atoms with Crippen molar-refractivity contribution in [1.29, 1.82) is 0 Å². The molecule has 0 bridgehead atoms. The molecule has 0 radical (unpaired) electrons. The number of rotatable bonds is 0. The van der Waals surface area contributed by atoms with Gasteiger partial charge in [0.15, 0.2) is 0 Å². The molecule has 11 heavy (non-hydrogen) atoms. The average Bonchev–Trinajstić information content (AvgIpc) is 2.30. The van der Waals surface area contributed by atoms with Crippen LogP contribution in [-0.4, -0.2) is 39.9 Å². The summed E-state index contributed by atoms with van der Waals surface area (Å²) in [4.78, 5) is 11.5. The third kappa shape index (κ3) is 1.44. The first kappa shape index (κ1) is 7.89. The lowest BCUT2D eigenvalue weighted by Crippen LogP contribution is -2.33. The molecule has 1 rings (SSSR count). The Labute approximate surface area is 64.4 Å². The molecule has 0 unspecified atom stereocenters. The number of carboxylic acid groups (broad SMARTS) is 1. The van der Waals surface area contributed by atoms with Crippen molar-refractivity contribution in [3.8, 4) is 12.3 Å². The molecule has 1 aliphatic heterocycles. The predicted molar refractivity (Wildman–Crippen MR) is 38.0 cm³/mol. The van der Waals surface area contributed by atoms with Crippen LogP contribution in [0.15, 0.2) is 0 Å². The van der Waals surface area contributed by atoms with Gasteiger partial charge in [-0.15, -0.1) is 6.42 Å². The molecule has 4 heteroatoms. The fraction of sp³-hybridized carbons (Fsp3) is 0.571. The first-order chi connectivity index (χ1) is 5.15. The molecule has 1 aliphatic rings. The Morgan fingerprint density at radius 2 is 2.36 bits per heavy atom. The predicted octanol–water partition coefficient (Wildman–Crippen LogP) is -0.267. The molecule has 4 nitrogen and oxygen atoms in total. The first-order valence-corrected chi connectivity index (χ1v) is 3.29. The maximum absolute atomic E-state index is 10.4. The Bertz CT molecular complexity index is 208. The van der Waals surface area contributed by atoms with Gasteiger partial charge >= 0.3 is 6.09 Å². The van der Waals surface area contributed by atoms with Crippen molar-refractivity contribution in [2.75, 3.05) is 6.54 Å². The molecule has 1 saturated heterocycles. The Hall–Kier alpha value is -1.21. The lowest BCUT2D eigenvalue weighted by atomic mass is 10.2.